The number of hydrogen-bond donors (Lipinski definition) is 0. The van der Waals surface area contributed by atoms with Gasteiger partial charge in [-0.15, -0.1) is 0 Å². The third kappa shape index (κ3) is 3.12. The number of anilines is 1. The van der Waals surface area contributed by atoms with Crippen LogP contribution in [0.1, 0.15) is 36.8 Å². The van der Waals surface area contributed by atoms with Crippen molar-refractivity contribution < 1.29 is 8.42 Å². The van der Waals surface area contributed by atoms with Crippen LogP contribution in [0.25, 0.3) is 17.2 Å². The zero-order chi connectivity index (χ0) is 20.4. The molecule has 0 radical (unpaired) electrons. The first-order chi connectivity index (χ1) is 13.8. The molecule has 3 heterocycles. The summed E-state index contributed by atoms with van der Waals surface area (Å²) in [5.41, 5.74) is 3.85. The highest BCUT2D eigenvalue weighted by Crippen LogP contribution is 2.54. The molecule has 1 saturated heterocycles. The Labute approximate surface area is 170 Å². The average Bonchev–Trinajstić information content (AvgIpc) is 3.25. The van der Waals surface area contributed by atoms with Crippen molar-refractivity contribution in [3.05, 3.63) is 46.0 Å². The highest BCUT2D eigenvalue weighted by atomic mass is 32.2. The molecule has 6 nitrogen and oxygen atoms in total. The maximum atomic E-state index is 12.5. The van der Waals surface area contributed by atoms with E-state index in [2.05, 4.69) is 9.88 Å². The summed E-state index contributed by atoms with van der Waals surface area (Å²) in [5, 5.41) is 0. The predicted octanol–water partition coefficient (Wildman–Crippen LogP) is 2.80. The van der Waals surface area contributed by atoms with Gasteiger partial charge in [-0.25, -0.2) is 13.4 Å². The van der Waals surface area contributed by atoms with Crippen LogP contribution in [-0.2, 0) is 23.3 Å². The minimum atomic E-state index is -3.39. The molecule has 2 aromatic rings. The van der Waals surface area contributed by atoms with Gasteiger partial charge >= 0.3 is 0 Å². The zero-order valence-corrected chi connectivity index (χ0v) is 17.6. The van der Waals surface area contributed by atoms with E-state index in [1.54, 1.807) is 17.7 Å². The van der Waals surface area contributed by atoms with E-state index in [9.17, 15) is 13.2 Å². The van der Waals surface area contributed by atoms with E-state index < -0.39 is 9.84 Å². The third-order valence-corrected chi connectivity index (χ3v) is 7.84. The first-order valence-corrected chi connectivity index (χ1v) is 12.0. The summed E-state index contributed by atoms with van der Waals surface area (Å²) >= 11 is 0. The molecule has 0 bridgehead atoms. The number of pyridine rings is 2. The molecule has 152 valence electrons. The third-order valence-electron chi connectivity index (χ3n) is 6.76. The molecular formula is C22H25N3O3S. The molecular weight excluding hydrogens is 386 g/mol. The van der Waals surface area contributed by atoms with E-state index >= 15 is 0 Å². The molecule has 5 rings (SSSR count). The Morgan fingerprint density at radius 3 is 2.48 bits per heavy atom. The fraction of sp³-hybridized carbons (Fsp3) is 0.455. The van der Waals surface area contributed by atoms with Crippen molar-refractivity contribution in [2.75, 3.05) is 24.2 Å². The van der Waals surface area contributed by atoms with Gasteiger partial charge in [0.15, 0.2) is 9.84 Å². The normalized spacial score (nSPS) is 19.6. The van der Waals surface area contributed by atoms with Gasteiger partial charge in [0, 0.05) is 55.5 Å². The highest BCUT2D eigenvalue weighted by Gasteiger charge is 2.44. The quantitative estimate of drug-likeness (QED) is 0.777. The van der Waals surface area contributed by atoms with E-state index in [1.807, 2.05) is 18.3 Å². The van der Waals surface area contributed by atoms with Crippen molar-refractivity contribution in [1.82, 2.24) is 9.55 Å². The summed E-state index contributed by atoms with van der Waals surface area (Å²) in [4.78, 5) is 19.6. The number of allylic oxidation sites excluding steroid dienone is 1. The molecule has 3 aliphatic rings. The SMILES string of the molecule is Cn1cc(-c2cc(S(C)(=O)=O)cnc2N2CCC3(CC2)CC3)c2c(c1=O)CC=C2. The molecule has 7 heteroatoms. The molecule has 1 aliphatic heterocycles. The van der Waals surface area contributed by atoms with Gasteiger partial charge in [0.2, 0.25) is 0 Å². The second-order valence-corrected chi connectivity index (χ2v) is 10.8. The van der Waals surface area contributed by atoms with Crippen LogP contribution in [-0.4, -0.2) is 37.3 Å². The smallest absolute Gasteiger partial charge is 0.254 e. The van der Waals surface area contributed by atoms with E-state index in [0.29, 0.717) is 11.8 Å². The molecule has 0 unspecified atom stereocenters. The summed E-state index contributed by atoms with van der Waals surface area (Å²) in [7, 11) is -1.64. The Morgan fingerprint density at radius 1 is 1.10 bits per heavy atom. The fourth-order valence-corrected chi connectivity index (χ4v) is 5.25. The van der Waals surface area contributed by atoms with Crippen LogP contribution < -0.4 is 10.5 Å². The topological polar surface area (TPSA) is 72.3 Å². The second-order valence-electron chi connectivity index (χ2n) is 8.76. The molecule has 2 aliphatic carbocycles. The van der Waals surface area contributed by atoms with Crippen LogP contribution in [0.4, 0.5) is 5.82 Å². The van der Waals surface area contributed by atoms with Gasteiger partial charge in [-0.2, -0.15) is 0 Å². The van der Waals surface area contributed by atoms with Gasteiger partial charge in [0.25, 0.3) is 5.56 Å². The standard InChI is InChI=1S/C22H25N3O3S/c1-24-14-19(16-4-3-5-17(16)21(24)26)18-12-15(29(2,27)28)13-23-20(18)25-10-8-22(6-7-22)9-11-25/h3-4,12-14H,5-11H2,1-2H3. The number of aromatic nitrogens is 2. The van der Waals surface area contributed by atoms with E-state index in [4.69, 9.17) is 0 Å². The van der Waals surface area contributed by atoms with Gasteiger partial charge < -0.3 is 9.47 Å². The maximum Gasteiger partial charge on any atom is 0.254 e. The van der Waals surface area contributed by atoms with Crippen LogP contribution in [0, 0.1) is 5.41 Å². The van der Waals surface area contributed by atoms with E-state index in [1.165, 1.54) is 25.3 Å². The lowest BCUT2D eigenvalue weighted by atomic mass is 9.93. The van der Waals surface area contributed by atoms with Crippen LogP contribution in [0.5, 0.6) is 0 Å². The molecule has 0 amide bonds. The first kappa shape index (κ1) is 18.6. The lowest BCUT2D eigenvalue weighted by Crippen LogP contribution is -2.35. The van der Waals surface area contributed by atoms with E-state index in [-0.39, 0.29) is 10.5 Å². The van der Waals surface area contributed by atoms with Crippen molar-refractivity contribution in [2.24, 2.45) is 12.5 Å². The second kappa shape index (κ2) is 6.29. The van der Waals surface area contributed by atoms with Crippen LogP contribution >= 0.6 is 0 Å². The van der Waals surface area contributed by atoms with Crippen LogP contribution in [0.3, 0.4) is 0 Å². The number of sulfone groups is 1. The molecule has 1 saturated carbocycles. The van der Waals surface area contributed by atoms with Crippen molar-refractivity contribution >= 4 is 21.7 Å². The number of aryl methyl sites for hydroxylation is 1. The number of nitrogens with zero attached hydrogens (tertiary/aromatic N) is 3. The molecule has 1 spiro atoms. The lowest BCUT2D eigenvalue weighted by Gasteiger charge is -2.34. The van der Waals surface area contributed by atoms with Gasteiger partial charge in [0.05, 0.1) is 4.90 Å². The number of rotatable bonds is 3. The van der Waals surface area contributed by atoms with Crippen molar-refractivity contribution in [3.63, 3.8) is 0 Å². The molecule has 29 heavy (non-hydrogen) atoms. The monoisotopic (exact) mass is 411 g/mol. The number of fused-ring (bicyclic) bond motifs is 1. The van der Waals surface area contributed by atoms with Gasteiger partial charge in [-0.1, -0.05) is 12.2 Å². The number of hydrogen-bond acceptors (Lipinski definition) is 5. The Kier molecular flexibility index (Phi) is 4.04. The predicted molar refractivity (Wildman–Crippen MR) is 114 cm³/mol. The van der Waals surface area contributed by atoms with Gasteiger partial charge in [0.1, 0.15) is 5.82 Å². The molecule has 2 fully saturated rings. The molecule has 2 aromatic heterocycles. The van der Waals surface area contributed by atoms with Crippen molar-refractivity contribution in [3.8, 4) is 11.1 Å². The van der Waals surface area contributed by atoms with Crippen molar-refractivity contribution in [1.29, 1.82) is 0 Å². The summed E-state index contributed by atoms with van der Waals surface area (Å²) < 4.78 is 26.0. The number of piperidine rings is 1. The summed E-state index contributed by atoms with van der Waals surface area (Å²) in [6.07, 6.45) is 14.0. The van der Waals surface area contributed by atoms with Crippen molar-refractivity contribution in [2.45, 2.75) is 37.0 Å². The van der Waals surface area contributed by atoms with Crippen LogP contribution in [0.15, 0.2) is 34.2 Å². The average molecular weight is 412 g/mol. The summed E-state index contributed by atoms with van der Waals surface area (Å²) in [6.45, 7) is 1.87. The maximum absolute atomic E-state index is 12.5. The van der Waals surface area contributed by atoms with Gasteiger partial charge in [-0.05, 0) is 49.1 Å². The first-order valence-electron chi connectivity index (χ1n) is 10.1. The Hall–Kier alpha value is -2.41. The minimum Gasteiger partial charge on any atom is -0.356 e. The van der Waals surface area contributed by atoms with Gasteiger partial charge in [-0.3, -0.25) is 4.79 Å². The molecule has 0 aromatic carbocycles. The fourth-order valence-electron chi connectivity index (χ4n) is 4.67. The largest absolute Gasteiger partial charge is 0.356 e. The minimum absolute atomic E-state index is 0.00354. The Bertz CT molecular complexity index is 1200. The summed E-state index contributed by atoms with van der Waals surface area (Å²) in [5.74, 6) is 0.814. The zero-order valence-electron chi connectivity index (χ0n) is 16.8. The molecule has 0 atom stereocenters. The Morgan fingerprint density at radius 2 is 1.83 bits per heavy atom. The lowest BCUT2D eigenvalue weighted by molar-refractivity contribution is 0.383. The van der Waals surface area contributed by atoms with E-state index in [0.717, 1.165) is 54.0 Å². The summed E-state index contributed by atoms with van der Waals surface area (Å²) in [6, 6.07) is 1.73. The molecule has 0 N–H and O–H groups in total. The highest BCUT2D eigenvalue weighted by molar-refractivity contribution is 7.90. The van der Waals surface area contributed by atoms with Crippen LogP contribution in [0.2, 0.25) is 0 Å². The Balaban J connectivity index is 1.68.